The lowest BCUT2D eigenvalue weighted by Gasteiger charge is -2.10. The second-order valence-corrected chi connectivity index (χ2v) is 6.26. The van der Waals surface area contributed by atoms with Gasteiger partial charge in [-0.15, -0.1) is 0 Å². The normalized spacial score (nSPS) is 10.8. The van der Waals surface area contributed by atoms with Crippen molar-refractivity contribution in [3.63, 3.8) is 0 Å². The summed E-state index contributed by atoms with van der Waals surface area (Å²) in [5, 5.41) is 19.5. The maximum absolute atomic E-state index is 9.80. The fraction of sp³-hybridized carbons (Fsp3) is 0.429. The number of aromatic hydroxyl groups is 2. The van der Waals surface area contributed by atoms with Crippen molar-refractivity contribution in [2.75, 3.05) is 7.11 Å². The first-order chi connectivity index (χ1) is 11.7. The molecule has 0 unspecified atom stereocenters. The van der Waals surface area contributed by atoms with E-state index in [4.69, 9.17) is 4.74 Å². The van der Waals surface area contributed by atoms with Gasteiger partial charge in [-0.1, -0.05) is 63.3 Å². The molecule has 3 nitrogen and oxygen atoms in total. The molecular formula is C21H28O3. The quantitative estimate of drug-likeness (QED) is 0.460. The molecule has 0 amide bonds. The number of phenols is 2. The first-order valence-electron chi connectivity index (χ1n) is 8.85. The average molecular weight is 328 g/mol. The zero-order valence-electron chi connectivity index (χ0n) is 14.7. The minimum atomic E-state index is -0.221. The number of unbranched alkanes of at least 4 members (excludes halogenated alkanes) is 5. The number of ether oxygens (including phenoxy) is 1. The zero-order valence-corrected chi connectivity index (χ0v) is 14.7. The molecule has 2 rings (SSSR count). The Kier molecular flexibility index (Phi) is 6.98. The van der Waals surface area contributed by atoms with Crippen LogP contribution in [0.2, 0.25) is 0 Å². The van der Waals surface area contributed by atoms with Crippen LogP contribution in [0.25, 0.3) is 11.1 Å². The summed E-state index contributed by atoms with van der Waals surface area (Å²) < 4.78 is 5.10. The number of hydrogen-bond donors (Lipinski definition) is 2. The van der Waals surface area contributed by atoms with Gasteiger partial charge in [0.1, 0.15) is 0 Å². The molecule has 0 saturated heterocycles. The smallest absolute Gasteiger partial charge is 0.200 e. The van der Waals surface area contributed by atoms with Gasteiger partial charge in [0, 0.05) is 0 Å². The minimum Gasteiger partial charge on any atom is -0.504 e. The third-order valence-corrected chi connectivity index (χ3v) is 4.38. The topological polar surface area (TPSA) is 49.7 Å². The van der Waals surface area contributed by atoms with E-state index < -0.39 is 0 Å². The lowest BCUT2D eigenvalue weighted by Crippen LogP contribution is -1.88. The van der Waals surface area contributed by atoms with Gasteiger partial charge >= 0.3 is 0 Å². The first kappa shape index (κ1) is 18.2. The van der Waals surface area contributed by atoms with Gasteiger partial charge in [0.25, 0.3) is 0 Å². The van der Waals surface area contributed by atoms with Crippen LogP contribution in [-0.2, 0) is 6.42 Å². The third-order valence-electron chi connectivity index (χ3n) is 4.38. The molecule has 2 aromatic carbocycles. The van der Waals surface area contributed by atoms with Crippen LogP contribution in [0.1, 0.15) is 51.0 Å². The molecule has 0 heterocycles. The minimum absolute atomic E-state index is 0.166. The van der Waals surface area contributed by atoms with Crippen LogP contribution in [0.3, 0.4) is 0 Å². The maximum atomic E-state index is 9.80. The lowest BCUT2D eigenvalue weighted by atomic mass is 10.00. The number of rotatable bonds is 9. The van der Waals surface area contributed by atoms with Crippen LogP contribution in [0.4, 0.5) is 0 Å². The van der Waals surface area contributed by atoms with Crippen LogP contribution >= 0.6 is 0 Å². The molecule has 24 heavy (non-hydrogen) atoms. The Morgan fingerprint density at radius 1 is 0.833 bits per heavy atom. The van der Waals surface area contributed by atoms with Gasteiger partial charge in [-0.2, -0.15) is 0 Å². The predicted molar refractivity (Wildman–Crippen MR) is 98.8 cm³/mol. The predicted octanol–water partition coefficient (Wildman–Crippen LogP) is 5.68. The van der Waals surface area contributed by atoms with Gasteiger partial charge in [-0.25, -0.2) is 0 Å². The van der Waals surface area contributed by atoms with E-state index in [1.54, 1.807) is 12.1 Å². The second kappa shape index (κ2) is 9.21. The molecule has 0 bridgehead atoms. The van der Waals surface area contributed by atoms with Crippen molar-refractivity contribution in [1.29, 1.82) is 0 Å². The summed E-state index contributed by atoms with van der Waals surface area (Å²) in [7, 11) is 1.47. The molecule has 2 aromatic rings. The zero-order chi connectivity index (χ0) is 17.4. The van der Waals surface area contributed by atoms with Gasteiger partial charge in [-0.3, -0.25) is 0 Å². The Bertz CT molecular complexity index is 632. The number of methoxy groups -OCH3 is 1. The van der Waals surface area contributed by atoms with Crippen LogP contribution in [0, 0.1) is 0 Å². The summed E-state index contributed by atoms with van der Waals surface area (Å²) in [6.45, 7) is 2.24. The van der Waals surface area contributed by atoms with E-state index in [0.717, 1.165) is 17.5 Å². The Morgan fingerprint density at radius 3 is 2.17 bits per heavy atom. The van der Waals surface area contributed by atoms with Gasteiger partial charge in [0.05, 0.1) is 7.11 Å². The molecule has 130 valence electrons. The molecule has 0 spiro atoms. The molecule has 0 aromatic heterocycles. The van der Waals surface area contributed by atoms with Crippen molar-refractivity contribution in [3.05, 3.63) is 42.0 Å². The van der Waals surface area contributed by atoms with Crippen LogP contribution in [0.5, 0.6) is 17.2 Å². The average Bonchev–Trinajstić information content (AvgIpc) is 2.61. The van der Waals surface area contributed by atoms with Crippen molar-refractivity contribution in [1.82, 2.24) is 0 Å². The van der Waals surface area contributed by atoms with E-state index in [0.29, 0.717) is 0 Å². The van der Waals surface area contributed by atoms with E-state index in [-0.39, 0.29) is 17.2 Å². The maximum Gasteiger partial charge on any atom is 0.200 e. The number of aryl methyl sites for hydroxylation is 1. The molecule has 0 aliphatic rings. The fourth-order valence-corrected chi connectivity index (χ4v) is 2.89. The monoisotopic (exact) mass is 328 g/mol. The SMILES string of the molecule is CCCCCCCCc1ccc(-c2cc(O)c(O)c(OC)c2)cc1. The van der Waals surface area contributed by atoms with Gasteiger partial charge in [0.15, 0.2) is 11.5 Å². The van der Waals surface area contributed by atoms with Crippen LogP contribution in [0.15, 0.2) is 36.4 Å². The largest absolute Gasteiger partial charge is 0.504 e. The molecule has 0 atom stereocenters. The summed E-state index contributed by atoms with van der Waals surface area (Å²) in [4.78, 5) is 0. The molecule has 0 saturated carbocycles. The Hall–Kier alpha value is -2.16. The van der Waals surface area contributed by atoms with E-state index >= 15 is 0 Å². The van der Waals surface area contributed by atoms with E-state index in [1.807, 2.05) is 0 Å². The molecule has 2 N–H and O–H groups in total. The molecule has 0 aliphatic carbocycles. The highest BCUT2D eigenvalue weighted by molar-refractivity contribution is 5.70. The standard InChI is InChI=1S/C21H28O3/c1-3-4-5-6-7-8-9-16-10-12-17(13-11-16)18-14-19(22)21(23)20(15-18)24-2/h10-15,22-23H,3-9H2,1-2H3. The van der Waals surface area contributed by atoms with Crippen molar-refractivity contribution >= 4 is 0 Å². The molecular weight excluding hydrogens is 300 g/mol. The Morgan fingerprint density at radius 2 is 1.50 bits per heavy atom. The van der Waals surface area contributed by atoms with Gasteiger partial charge in [0.2, 0.25) is 5.75 Å². The molecule has 0 aliphatic heterocycles. The van der Waals surface area contributed by atoms with E-state index in [9.17, 15) is 10.2 Å². The van der Waals surface area contributed by atoms with Crippen LogP contribution in [-0.4, -0.2) is 17.3 Å². The number of phenolic OH excluding ortho intramolecular Hbond substituents is 2. The number of benzene rings is 2. The summed E-state index contributed by atoms with van der Waals surface area (Å²) in [6, 6.07) is 11.7. The van der Waals surface area contributed by atoms with Crippen LogP contribution < -0.4 is 4.74 Å². The van der Waals surface area contributed by atoms with E-state index in [1.165, 1.54) is 51.2 Å². The highest BCUT2D eigenvalue weighted by atomic mass is 16.5. The van der Waals surface area contributed by atoms with Crippen molar-refractivity contribution in [2.24, 2.45) is 0 Å². The Labute approximate surface area is 144 Å². The lowest BCUT2D eigenvalue weighted by molar-refractivity contribution is 0.351. The van der Waals surface area contributed by atoms with Gasteiger partial charge < -0.3 is 14.9 Å². The summed E-state index contributed by atoms with van der Waals surface area (Å²) in [6.07, 6.45) is 8.95. The molecule has 0 radical (unpaired) electrons. The fourth-order valence-electron chi connectivity index (χ4n) is 2.89. The van der Waals surface area contributed by atoms with Crippen molar-refractivity contribution in [2.45, 2.75) is 51.9 Å². The van der Waals surface area contributed by atoms with Gasteiger partial charge in [-0.05, 0) is 41.7 Å². The summed E-state index contributed by atoms with van der Waals surface area (Å²) in [5.74, 6) is -0.109. The second-order valence-electron chi connectivity index (χ2n) is 6.26. The summed E-state index contributed by atoms with van der Waals surface area (Å²) in [5.41, 5.74) is 3.16. The Balaban J connectivity index is 1.96. The summed E-state index contributed by atoms with van der Waals surface area (Å²) >= 11 is 0. The van der Waals surface area contributed by atoms with E-state index in [2.05, 4.69) is 31.2 Å². The highest BCUT2D eigenvalue weighted by Crippen LogP contribution is 2.39. The first-order valence-corrected chi connectivity index (χ1v) is 8.85. The van der Waals surface area contributed by atoms with Crippen molar-refractivity contribution in [3.8, 4) is 28.4 Å². The molecule has 3 heteroatoms. The highest BCUT2D eigenvalue weighted by Gasteiger charge is 2.10. The third kappa shape index (κ3) is 4.92. The molecule has 0 fully saturated rings. The van der Waals surface area contributed by atoms with Crippen molar-refractivity contribution < 1.29 is 14.9 Å². The number of hydrogen-bond acceptors (Lipinski definition) is 3.